The van der Waals surface area contributed by atoms with Crippen LogP contribution in [0.4, 0.5) is 10.6 Å². The molecule has 0 bridgehead atoms. The first kappa shape index (κ1) is 44.3. The average Bonchev–Trinajstić information content (AvgIpc) is 3.07. The number of aromatic nitrogens is 1. The molecule has 0 spiro atoms. The Morgan fingerprint density at radius 1 is 0.981 bits per heavy atom. The number of pyridine rings is 1. The zero-order valence-electron chi connectivity index (χ0n) is 31.5. The second kappa shape index (κ2) is 22.3. The van der Waals surface area contributed by atoms with Crippen molar-refractivity contribution in [1.82, 2.24) is 26.3 Å². The van der Waals surface area contributed by atoms with Crippen LogP contribution in [0.5, 0.6) is 0 Å². The van der Waals surface area contributed by atoms with Crippen LogP contribution in [0, 0.1) is 5.92 Å². The van der Waals surface area contributed by atoms with Crippen molar-refractivity contribution in [3.05, 3.63) is 65.5 Å². The minimum Gasteiger partial charge on any atom is -0.444 e. The van der Waals surface area contributed by atoms with Gasteiger partial charge in [0.2, 0.25) is 11.8 Å². The number of allylic oxidation sites excluding steroid dienone is 2. The molecule has 16 heteroatoms. The summed E-state index contributed by atoms with van der Waals surface area (Å²) in [6, 6.07) is 8.16. The Hall–Kier alpha value is -4.83. The van der Waals surface area contributed by atoms with E-state index in [4.69, 9.17) is 4.74 Å². The molecule has 292 valence electrons. The monoisotopic (exact) mass is 757 g/mol. The number of ether oxygens (including phenoxy) is 1. The summed E-state index contributed by atoms with van der Waals surface area (Å²) in [4.78, 5) is 54.0. The highest BCUT2D eigenvalue weighted by Crippen LogP contribution is 2.14. The third-order valence-electron chi connectivity index (χ3n) is 7.35. The first-order chi connectivity index (χ1) is 25.0. The number of carbonyl (C=O) groups excluding carboxylic acids is 4. The molecule has 15 nitrogen and oxygen atoms in total. The Bertz CT molecular complexity index is 1670. The van der Waals surface area contributed by atoms with Crippen LogP contribution in [0.3, 0.4) is 0 Å². The van der Waals surface area contributed by atoms with Crippen molar-refractivity contribution in [2.45, 2.75) is 109 Å². The van der Waals surface area contributed by atoms with Crippen LogP contribution >= 0.6 is 0 Å². The molecule has 6 N–H and O–H groups in total. The molecule has 0 fully saturated rings. The number of benzene rings is 1. The quantitative estimate of drug-likeness (QED) is 0.0417. The minimum absolute atomic E-state index is 0.112. The summed E-state index contributed by atoms with van der Waals surface area (Å²) in [5.74, 6) is -0.262. The van der Waals surface area contributed by atoms with Gasteiger partial charge >= 0.3 is 6.09 Å². The molecular formula is C37H55N7O8S. The number of anilines is 1. The molecular weight excluding hydrogens is 703 g/mol. The molecule has 2 rings (SSSR count). The summed E-state index contributed by atoms with van der Waals surface area (Å²) in [7, 11) is -4.41. The summed E-state index contributed by atoms with van der Waals surface area (Å²) in [6.45, 7) is 11.8. The van der Waals surface area contributed by atoms with Gasteiger partial charge in [-0.1, -0.05) is 57.9 Å². The van der Waals surface area contributed by atoms with Gasteiger partial charge in [-0.2, -0.15) is 13.5 Å². The predicted molar refractivity (Wildman–Crippen MR) is 204 cm³/mol. The van der Waals surface area contributed by atoms with E-state index in [-0.39, 0.29) is 47.2 Å². The molecule has 1 aromatic carbocycles. The molecule has 1 atom stereocenters. The van der Waals surface area contributed by atoms with Crippen LogP contribution in [0.1, 0.15) is 109 Å². The lowest BCUT2D eigenvalue weighted by atomic mass is 10.0. The van der Waals surface area contributed by atoms with Crippen LogP contribution in [0.15, 0.2) is 64.4 Å². The van der Waals surface area contributed by atoms with Gasteiger partial charge in [0.05, 0.1) is 11.8 Å². The van der Waals surface area contributed by atoms with E-state index in [9.17, 15) is 32.1 Å². The third kappa shape index (κ3) is 18.5. The SMILES string of the molecule is CCC/C(=C/CCCCCC(=O)NCCNC(=O)c1ccc(N/N=C/c2ccccc2S(=O)(=O)O)nc1)NC(=O)[C@H](CC(C)C)NC(=O)OC(C)(C)C. The maximum absolute atomic E-state index is 13.1. The molecule has 2 aromatic rings. The fourth-order valence-electron chi connectivity index (χ4n) is 4.92. The Balaban J connectivity index is 1.69. The Morgan fingerprint density at radius 2 is 1.70 bits per heavy atom. The lowest BCUT2D eigenvalue weighted by Gasteiger charge is -2.24. The van der Waals surface area contributed by atoms with E-state index in [0.29, 0.717) is 37.1 Å². The van der Waals surface area contributed by atoms with Crippen molar-refractivity contribution in [3.63, 3.8) is 0 Å². The van der Waals surface area contributed by atoms with Crippen LogP contribution in [-0.2, 0) is 24.4 Å². The van der Waals surface area contributed by atoms with Gasteiger partial charge in [0.15, 0.2) is 0 Å². The number of hydrogen-bond acceptors (Lipinski definition) is 10. The molecule has 4 amide bonds. The van der Waals surface area contributed by atoms with Crippen LogP contribution < -0.4 is 26.7 Å². The summed E-state index contributed by atoms with van der Waals surface area (Å²) in [6.07, 6.45) is 9.43. The summed E-state index contributed by atoms with van der Waals surface area (Å²) in [5.41, 5.74) is 3.26. The first-order valence-corrected chi connectivity index (χ1v) is 19.3. The molecule has 0 aliphatic rings. The van der Waals surface area contributed by atoms with Crippen molar-refractivity contribution in [2.24, 2.45) is 11.0 Å². The average molecular weight is 758 g/mol. The van der Waals surface area contributed by atoms with Crippen molar-refractivity contribution in [2.75, 3.05) is 18.5 Å². The predicted octanol–water partition coefficient (Wildman–Crippen LogP) is 5.31. The number of unbranched alkanes of at least 4 members (excludes halogenated alkanes) is 3. The Kier molecular flexibility index (Phi) is 18.6. The molecule has 0 radical (unpaired) electrons. The van der Waals surface area contributed by atoms with E-state index in [1.165, 1.54) is 42.7 Å². The number of rotatable bonds is 21. The zero-order valence-corrected chi connectivity index (χ0v) is 32.3. The molecule has 0 saturated heterocycles. The minimum atomic E-state index is -4.41. The number of amides is 4. The van der Waals surface area contributed by atoms with Crippen molar-refractivity contribution < 1.29 is 36.9 Å². The molecule has 0 aliphatic heterocycles. The molecule has 1 heterocycles. The van der Waals surface area contributed by atoms with E-state index in [0.717, 1.165) is 31.4 Å². The van der Waals surface area contributed by atoms with E-state index in [1.54, 1.807) is 26.8 Å². The fourth-order valence-corrected chi connectivity index (χ4v) is 5.59. The van der Waals surface area contributed by atoms with Gasteiger partial charge < -0.3 is 26.0 Å². The summed E-state index contributed by atoms with van der Waals surface area (Å²) in [5, 5.41) is 15.2. The second-order valence-corrected chi connectivity index (χ2v) is 15.2. The standard InChI is InChI=1S/C37H55N7O8S/c1-7-14-29(42-35(47)30(23-26(2)3)43-36(48)52-37(4,5)6)16-10-8-9-11-18-33(45)38-21-22-39-34(46)28-19-20-32(40-24-28)44-41-25-27-15-12-13-17-31(27)53(49,50)51/h12-13,15-17,19-20,24-26,30H,7-11,14,18,21-23H2,1-6H3,(H,38,45)(H,39,46)(H,40,44)(H,42,47)(H,43,48)(H,49,50,51)/b29-16-,41-25+/t30-/m0/s1. The highest BCUT2D eigenvalue weighted by Gasteiger charge is 2.25. The number of hydrogen-bond donors (Lipinski definition) is 6. The molecule has 53 heavy (non-hydrogen) atoms. The third-order valence-corrected chi connectivity index (χ3v) is 8.28. The summed E-state index contributed by atoms with van der Waals surface area (Å²) < 4.78 is 37.7. The zero-order chi connectivity index (χ0) is 39.4. The Labute approximate surface area is 313 Å². The lowest BCUT2D eigenvalue weighted by Crippen LogP contribution is -2.48. The van der Waals surface area contributed by atoms with Gasteiger partial charge in [-0.25, -0.2) is 9.78 Å². The van der Waals surface area contributed by atoms with Gasteiger partial charge in [-0.15, -0.1) is 0 Å². The van der Waals surface area contributed by atoms with E-state index < -0.39 is 27.9 Å². The first-order valence-electron chi connectivity index (χ1n) is 17.8. The highest BCUT2D eigenvalue weighted by molar-refractivity contribution is 7.86. The molecule has 0 aliphatic carbocycles. The van der Waals surface area contributed by atoms with Crippen molar-refractivity contribution in [1.29, 1.82) is 0 Å². The number of alkyl carbamates (subject to hydrolysis) is 1. The number of hydrazone groups is 1. The fraction of sp³-hybridized carbons (Fsp3) is 0.514. The Morgan fingerprint density at radius 3 is 2.34 bits per heavy atom. The second-order valence-electron chi connectivity index (χ2n) is 13.8. The van der Waals surface area contributed by atoms with E-state index in [1.807, 2.05) is 26.8 Å². The maximum Gasteiger partial charge on any atom is 0.408 e. The van der Waals surface area contributed by atoms with Gasteiger partial charge in [-0.3, -0.25) is 24.4 Å². The van der Waals surface area contributed by atoms with Gasteiger partial charge in [0.25, 0.3) is 16.0 Å². The van der Waals surface area contributed by atoms with Crippen LogP contribution in [0.25, 0.3) is 0 Å². The number of nitrogens with one attached hydrogen (secondary N) is 5. The van der Waals surface area contributed by atoms with Crippen molar-refractivity contribution >= 4 is 46.0 Å². The van der Waals surface area contributed by atoms with Crippen LogP contribution in [0.2, 0.25) is 0 Å². The summed E-state index contributed by atoms with van der Waals surface area (Å²) >= 11 is 0. The maximum atomic E-state index is 13.1. The van der Waals surface area contributed by atoms with E-state index in [2.05, 4.69) is 36.8 Å². The lowest BCUT2D eigenvalue weighted by molar-refractivity contribution is -0.123. The van der Waals surface area contributed by atoms with Gasteiger partial charge in [0.1, 0.15) is 22.4 Å². The van der Waals surface area contributed by atoms with Crippen molar-refractivity contribution in [3.8, 4) is 0 Å². The number of carbonyl (C=O) groups is 4. The van der Waals surface area contributed by atoms with Gasteiger partial charge in [-0.05, 0) is 77.0 Å². The smallest absolute Gasteiger partial charge is 0.408 e. The molecule has 0 unspecified atom stereocenters. The molecule has 1 aromatic heterocycles. The van der Waals surface area contributed by atoms with Gasteiger partial charge in [0, 0.05) is 37.0 Å². The highest BCUT2D eigenvalue weighted by atomic mass is 32.2. The molecule has 0 saturated carbocycles. The van der Waals surface area contributed by atoms with E-state index >= 15 is 0 Å². The largest absolute Gasteiger partial charge is 0.444 e. The number of nitrogens with zero attached hydrogens (tertiary/aromatic N) is 2. The topological polar surface area (TPSA) is 217 Å². The normalized spacial score (nSPS) is 12.6. The van der Waals surface area contributed by atoms with Crippen LogP contribution in [-0.4, -0.2) is 72.7 Å².